The highest BCUT2D eigenvalue weighted by molar-refractivity contribution is 5.31. The van der Waals surface area contributed by atoms with Crippen molar-refractivity contribution in [2.45, 2.75) is 117 Å². The summed E-state index contributed by atoms with van der Waals surface area (Å²) in [5.41, 5.74) is 2.01. The van der Waals surface area contributed by atoms with E-state index in [-0.39, 0.29) is 0 Å². The number of hydrogen-bond donors (Lipinski definition) is 3. The molecule has 0 heterocycles. The Kier molecular flexibility index (Phi) is 7.81. The molecule has 4 unspecified atom stereocenters. The molecule has 31 heavy (non-hydrogen) atoms. The Labute approximate surface area is 191 Å². The van der Waals surface area contributed by atoms with Crippen LogP contribution in [-0.4, -0.2) is 33.1 Å². The van der Waals surface area contributed by atoms with Gasteiger partial charge in [0.1, 0.15) is 0 Å². The van der Waals surface area contributed by atoms with E-state index in [9.17, 15) is 15.3 Å². The Bertz CT molecular complexity index is 672. The van der Waals surface area contributed by atoms with Crippen LogP contribution in [0.5, 0.6) is 0 Å². The molecule has 0 radical (unpaired) electrons. The highest BCUT2D eigenvalue weighted by atomic mass is 16.3. The summed E-state index contributed by atoms with van der Waals surface area (Å²) in [6.07, 6.45) is 13.8. The molecule has 3 N–H and O–H groups in total. The van der Waals surface area contributed by atoms with Gasteiger partial charge in [0, 0.05) is 6.42 Å². The van der Waals surface area contributed by atoms with Crippen molar-refractivity contribution in [3.63, 3.8) is 0 Å². The Morgan fingerprint density at radius 2 is 1.84 bits per heavy atom. The molecule has 2 saturated carbocycles. The van der Waals surface area contributed by atoms with Crippen LogP contribution in [0.4, 0.5) is 0 Å². The molecule has 0 aromatic heterocycles. The van der Waals surface area contributed by atoms with Crippen molar-refractivity contribution in [3.05, 3.63) is 23.3 Å². The number of aliphatic hydroxyl groups is 3. The Balaban J connectivity index is 1.67. The SMILES string of the molecule is CC1=C(/C=C/C2CCCC3(C)C2CC[C@@H]3C(C)CC[C@H](C)C(C)(C)O)C[C@@H](O)C[C@@H]1O. The summed E-state index contributed by atoms with van der Waals surface area (Å²) in [6.45, 7) is 13.1. The van der Waals surface area contributed by atoms with E-state index in [0.29, 0.717) is 36.0 Å². The van der Waals surface area contributed by atoms with Crippen LogP contribution in [0.1, 0.15) is 99.3 Å². The molecule has 0 spiro atoms. The van der Waals surface area contributed by atoms with Crippen LogP contribution >= 0.6 is 0 Å². The van der Waals surface area contributed by atoms with Crippen LogP contribution in [0.3, 0.4) is 0 Å². The zero-order chi connectivity index (χ0) is 23.0. The molecule has 8 atom stereocenters. The molecule has 3 aliphatic carbocycles. The van der Waals surface area contributed by atoms with Crippen molar-refractivity contribution in [2.24, 2.45) is 35.0 Å². The zero-order valence-electron chi connectivity index (χ0n) is 20.9. The number of fused-ring (bicyclic) bond motifs is 1. The number of hydrogen-bond acceptors (Lipinski definition) is 3. The van der Waals surface area contributed by atoms with Crippen molar-refractivity contribution in [3.8, 4) is 0 Å². The molecule has 3 heteroatoms. The average molecular weight is 433 g/mol. The maximum absolute atomic E-state index is 10.3. The fraction of sp³-hybridized carbons (Fsp3) is 0.857. The van der Waals surface area contributed by atoms with Crippen LogP contribution in [0.15, 0.2) is 23.3 Å². The fourth-order valence-electron chi connectivity index (χ4n) is 7.11. The molecule has 3 nitrogen and oxygen atoms in total. The van der Waals surface area contributed by atoms with Crippen molar-refractivity contribution >= 4 is 0 Å². The average Bonchev–Trinajstić information content (AvgIpc) is 3.04. The zero-order valence-corrected chi connectivity index (χ0v) is 20.9. The van der Waals surface area contributed by atoms with Gasteiger partial charge in [-0.2, -0.15) is 0 Å². The predicted molar refractivity (Wildman–Crippen MR) is 129 cm³/mol. The molecule has 0 bridgehead atoms. The van der Waals surface area contributed by atoms with Crippen molar-refractivity contribution in [1.82, 2.24) is 0 Å². The van der Waals surface area contributed by atoms with Crippen molar-refractivity contribution in [2.75, 3.05) is 0 Å². The third-order valence-corrected chi connectivity index (χ3v) is 9.70. The maximum Gasteiger partial charge on any atom is 0.0777 e. The Hall–Kier alpha value is -0.640. The molecule has 3 rings (SSSR count). The van der Waals surface area contributed by atoms with Crippen LogP contribution in [-0.2, 0) is 0 Å². The van der Waals surface area contributed by atoms with Gasteiger partial charge in [-0.1, -0.05) is 45.8 Å². The van der Waals surface area contributed by atoms with Crippen molar-refractivity contribution < 1.29 is 15.3 Å². The van der Waals surface area contributed by atoms with E-state index in [0.717, 1.165) is 29.4 Å². The largest absolute Gasteiger partial charge is 0.393 e. The minimum atomic E-state index is -0.588. The van der Waals surface area contributed by atoms with E-state index in [1.807, 2.05) is 20.8 Å². The Morgan fingerprint density at radius 3 is 2.52 bits per heavy atom. The van der Waals surface area contributed by atoms with E-state index in [4.69, 9.17) is 0 Å². The summed E-state index contributed by atoms with van der Waals surface area (Å²) in [5, 5.41) is 30.6. The minimum absolute atomic E-state index is 0.333. The van der Waals surface area contributed by atoms with Gasteiger partial charge < -0.3 is 15.3 Å². The second kappa shape index (κ2) is 9.69. The van der Waals surface area contributed by atoms with Crippen LogP contribution in [0.2, 0.25) is 0 Å². The summed E-state index contributed by atoms with van der Waals surface area (Å²) in [5.74, 6) is 3.18. The van der Waals surface area contributed by atoms with Gasteiger partial charge in [0.25, 0.3) is 0 Å². The quantitative estimate of drug-likeness (QED) is 0.460. The highest BCUT2D eigenvalue weighted by Crippen LogP contribution is 2.60. The third kappa shape index (κ3) is 5.47. The van der Waals surface area contributed by atoms with Crippen molar-refractivity contribution in [1.29, 1.82) is 0 Å². The topological polar surface area (TPSA) is 60.7 Å². The van der Waals surface area contributed by atoms with Gasteiger partial charge in [0.05, 0.1) is 17.8 Å². The minimum Gasteiger partial charge on any atom is -0.393 e. The first-order valence-electron chi connectivity index (χ1n) is 12.9. The van der Waals surface area contributed by atoms with Crippen LogP contribution in [0, 0.1) is 35.0 Å². The molecular weight excluding hydrogens is 384 g/mol. The Morgan fingerprint density at radius 1 is 1.13 bits per heavy atom. The molecule has 178 valence electrons. The second-order valence-corrected chi connectivity index (χ2v) is 12.1. The predicted octanol–water partition coefficient (Wildman–Crippen LogP) is 6.03. The molecule has 2 fully saturated rings. The third-order valence-electron chi connectivity index (χ3n) is 9.70. The highest BCUT2D eigenvalue weighted by Gasteiger charge is 2.51. The molecule has 0 amide bonds. The molecule has 0 saturated heterocycles. The molecule has 0 aliphatic heterocycles. The first kappa shape index (κ1) is 25.0. The van der Waals surface area contributed by atoms with Gasteiger partial charge >= 0.3 is 0 Å². The first-order valence-corrected chi connectivity index (χ1v) is 12.9. The van der Waals surface area contributed by atoms with E-state index in [1.165, 1.54) is 38.5 Å². The van der Waals surface area contributed by atoms with E-state index in [1.54, 1.807) is 0 Å². The lowest BCUT2D eigenvalue weighted by Crippen LogP contribution is -2.39. The van der Waals surface area contributed by atoms with Gasteiger partial charge in [-0.15, -0.1) is 0 Å². The standard InChI is InChI=1S/C28H48O3/c1-18(9-10-19(2)27(4,5)31)24-13-14-25-21(8-7-15-28(24,25)6)11-12-22-16-23(29)17-26(30)20(22)3/h11-12,18-19,21,23-26,29-31H,7-10,13-17H2,1-6H3/b12-11+/t18?,19-,21?,23+,24+,25?,26-,28?/m0/s1. The first-order chi connectivity index (χ1) is 14.4. The number of allylic oxidation sites excluding steroid dienone is 2. The summed E-state index contributed by atoms with van der Waals surface area (Å²) < 4.78 is 0. The summed E-state index contributed by atoms with van der Waals surface area (Å²) in [7, 11) is 0. The fourth-order valence-corrected chi connectivity index (χ4v) is 7.11. The lowest BCUT2D eigenvalue weighted by molar-refractivity contribution is 0.0111. The molecule has 0 aromatic rings. The normalized spacial score (nSPS) is 39.1. The second-order valence-electron chi connectivity index (χ2n) is 12.1. The summed E-state index contributed by atoms with van der Waals surface area (Å²) >= 11 is 0. The summed E-state index contributed by atoms with van der Waals surface area (Å²) in [6, 6.07) is 0. The lowest BCUT2D eigenvalue weighted by Gasteiger charge is -2.46. The smallest absolute Gasteiger partial charge is 0.0777 e. The monoisotopic (exact) mass is 432 g/mol. The maximum atomic E-state index is 10.3. The van der Waals surface area contributed by atoms with E-state index < -0.39 is 17.8 Å². The summed E-state index contributed by atoms with van der Waals surface area (Å²) in [4.78, 5) is 0. The van der Waals surface area contributed by atoms with E-state index >= 15 is 0 Å². The number of rotatable bonds is 7. The van der Waals surface area contributed by atoms with Crippen LogP contribution < -0.4 is 0 Å². The number of aliphatic hydroxyl groups excluding tert-OH is 2. The van der Waals surface area contributed by atoms with Gasteiger partial charge in [-0.25, -0.2) is 0 Å². The lowest BCUT2D eigenvalue weighted by atomic mass is 9.59. The van der Waals surface area contributed by atoms with Gasteiger partial charge in [-0.05, 0) is 105 Å². The van der Waals surface area contributed by atoms with E-state index in [2.05, 4.69) is 32.9 Å². The van der Waals surface area contributed by atoms with Gasteiger partial charge in [0.15, 0.2) is 0 Å². The van der Waals surface area contributed by atoms with Crippen LogP contribution in [0.25, 0.3) is 0 Å². The molecule has 0 aromatic carbocycles. The molecule has 3 aliphatic rings. The van der Waals surface area contributed by atoms with Gasteiger partial charge in [0.2, 0.25) is 0 Å². The molecular formula is C28H48O3. The van der Waals surface area contributed by atoms with Gasteiger partial charge in [-0.3, -0.25) is 0 Å².